The molecule has 0 aliphatic carbocycles. The van der Waals surface area contributed by atoms with Crippen molar-refractivity contribution in [1.29, 1.82) is 0 Å². The largest absolute Gasteiger partial charge is 0.461 e. The lowest BCUT2D eigenvalue weighted by Crippen LogP contribution is -2.58. The number of esters is 1. The van der Waals surface area contributed by atoms with E-state index in [0.29, 0.717) is 18.5 Å². The first-order chi connectivity index (χ1) is 18.3. The maximum Gasteiger partial charge on any atom is 0.312 e. The van der Waals surface area contributed by atoms with E-state index < -0.39 is 41.6 Å². The van der Waals surface area contributed by atoms with Crippen LogP contribution in [0.2, 0.25) is 0 Å². The molecule has 2 amide bonds. The molecule has 9 heteroatoms. The normalized spacial score (nSPS) is 28.1. The number of benzene rings is 1. The molecule has 1 spiro atoms. The summed E-state index contributed by atoms with van der Waals surface area (Å²) < 4.78 is 11.8. The predicted molar refractivity (Wildman–Crippen MR) is 145 cm³/mol. The second-order valence-corrected chi connectivity index (χ2v) is 10.2. The molecule has 6 atom stereocenters. The van der Waals surface area contributed by atoms with E-state index in [2.05, 4.69) is 31.9 Å². The van der Waals surface area contributed by atoms with Crippen molar-refractivity contribution in [2.75, 3.05) is 42.6 Å². The molecule has 1 N–H and O–H groups in total. The summed E-state index contributed by atoms with van der Waals surface area (Å²) in [5.74, 6) is -2.85. The number of ether oxygens (including phenoxy) is 2. The molecule has 0 radical (unpaired) electrons. The van der Waals surface area contributed by atoms with E-state index in [9.17, 15) is 19.5 Å². The summed E-state index contributed by atoms with van der Waals surface area (Å²) >= 11 is 0. The third-order valence-electron chi connectivity index (χ3n) is 8.19. The molecule has 2 unspecified atom stereocenters. The van der Waals surface area contributed by atoms with Gasteiger partial charge in [-0.3, -0.25) is 14.4 Å². The van der Waals surface area contributed by atoms with Crippen molar-refractivity contribution < 1.29 is 29.0 Å². The molecule has 3 heterocycles. The molecule has 206 valence electrons. The fourth-order valence-corrected chi connectivity index (χ4v) is 6.47. The summed E-state index contributed by atoms with van der Waals surface area (Å²) in [6.07, 6.45) is 3.63. The van der Waals surface area contributed by atoms with Gasteiger partial charge in [-0.1, -0.05) is 18.7 Å². The monoisotopic (exact) mass is 525 g/mol. The number of carbonyl (C=O) groups excluding carboxylic acids is 3. The molecule has 3 saturated heterocycles. The summed E-state index contributed by atoms with van der Waals surface area (Å²) in [7, 11) is 0. The Morgan fingerprint density at radius 2 is 1.87 bits per heavy atom. The van der Waals surface area contributed by atoms with Crippen LogP contribution in [0.3, 0.4) is 0 Å². The van der Waals surface area contributed by atoms with Gasteiger partial charge in [-0.15, -0.1) is 6.58 Å². The van der Waals surface area contributed by atoms with Crippen molar-refractivity contribution in [3.8, 4) is 0 Å². The highest BCUT2D eigenvalue weighted by Crippen LogP contribution is 2.59. The molecule has 1 aromatic rings. The lowest BCUT2D eigenvalue weighted by Gasteiger charge is -2.38. The fourth-order valence-electron chi connectivity index (χ4n) is 6.47. The van der Waals surface area contributed by atoms with E-state index in [0.717, 1.165) is 18.8 Å². The molecular weight excluding hydrogens is 486 g/mol. The highest BCUT2D eigenvalue weighted by molar-refractivity contribution is 6.04. The van der Waals surface area contributed by atoms with Gasteiger partial charge in [0, 0.05) is 31.0 Å². The number of aliphatic hydroxyl groups is 1. The number of amides is 2. The number of carbonyl (C=O) groups is 3. The van der Waals surface area contributed by atoms with Crippen molar-refractivity contribution in [2.24, 2.45) is 11.8 Å². The second kappa shape index (κ2) is 11.3. The smallest absolute Gasteiger partial charge is 0.312 e. The number of aliphatic hydroxyl groups excluding tert-OH is 1. The standard InChI is InChI=1S/C29H39N3O6/c1-6-16-31(21-12-10-20(11-13-21)30(8-3)9-4)27(35)25-29-15-14-22(38-29)23(28(36)37-17-7-2)24(29)26(34)32(25)19(5)18-33/h6-7,10-13,19,22-25,33H,1-2,8-9,14-18H2,3-5H3/t19-,22-,23+,24+,25?,29?/m1/s1. The van der Waals surface area contributed by atoms with Crippen molar-refractivity contribution in [3.63, 3.8) is 0 Å². The summed E-state index contributed by atoms with van der Waals surface area (Å²) in [5, 5.41) is 10.0. The van der Waals surface area contributed by atoms with Gasteiger partial charge in [0.05, 0.1) is 30.6 Å². The molecule has 3 aliphatic rings. The minimum atomic E-state index is -1.17. The molecule has 3 aliphatic heterocycles. The lowest BCUT2D eigenvalue weighted by molar-refractivity contribution is -0.154. The summed E-state index contributed by atoms with van der Waals surface area (Å²) in [5.41, 5.74) is 0.554. The molecule has 1 aromatic carbocycles. The summed E-state index contributed by atoms with van der Waals surface area (Å²) in [4.78, 5) is 46.5. The minimum Gasteiger partial charge on any atom is -0.461 e. The predicted octanol–water partition coefficient (Wildman–Crippen LogP) is 2.54. The van der Waals surface area contributed by atoms with Gasteiger partial charge in [-0.25, -0.2) is 0 Å². The first-order valence-corrected chi connectivity index (χ1v) is 13.4. The zero-order chi connectivity index (χ0) is 27.6. The molecule has 3 fully saturated rings. The van der Waals surface area contributed by atoms with Crippen LogP contribution < -0.4 is 9.80 Å². The molecule has 4 rings (SSSR count). The van der Waals surface area contributed by atoms with Crippen LogP contribution in [-0.4, -0.2) is 84.4 Å². The summed E-state index contributed by atoms with van der Waals surface area (Å²) in [6, 6.07) is 6.10. The van der Waals surface area contributed by atoms with E-state index >= 15 is 0 Å². The Kier molecular flexibility index (Phi) is 8.28. The Bertz CT molecular complexity index is 1070. The van der Waals surface area contributed by atoms with Crippen LogP contribution in [0.15, 0.2) is 49.6 Å². The van der Waals surface area contributed by atoms with Gasteiger partial charge in [-0.2, -0.15) is 0 Å². The van der Waals surface area contributed by atoms with Gasteiger partial charge in [0.1, 0.15) is 18.2 Å². The lowest BCUT2D eigenvalue weighted by atomic mass is 9.70. The van der Waals surface area contributed by atoms with E-state index in [4.69, 9.17) is 9.47 Å². The van der Waals surface area contributed by atoms with Gasteiger partial charge in [0.15, 0.2) is 0 Å². The Hall–Kier alpha value is -3.17. The van der Waals surface area contributed by atoms with Crippen LogP contribution in [0, 0.1) is 11.8 Å². The number of likely N-dealkylation sites (tertiary alicyclic amines) is 1. The van der Waals surface area contributed by atoms with E-state index in [-0.39, 0.29) is 31.6 Å². The fraction of sp³-hybridized carbons (Fsp3) is 0.552. The number of rotatable bonds is 12. The van der Waals surface area contributed by atoms with Crippen LogP contribution in [0.5, 0.6) is 0 Å². The van der Waals surface area contributed by atoms with Crippen LogP contribution in [0.25, 0.3) is 0 Å². The van der Waals surface area contributed by atoms with Gasteiger partial charge in [0.2, 0.25) is 5.91 Å². The average Bonchev–Trinajstić information content (AvgIpc) is 3.58. The Morgan fingerprint density at radius 1 is 1.21 bits per heavy atom. The zero-order valence-electron chi connectivity index (χ0n) is 22.5. The molecule has 0 saturated carbocycles. The van der Waals surface area contributed by atoms with Crippen LogP contribution in [0.4, 0.5) is 11.4 Å². The quantitative estimate of drug-likeness (QED) is 0.331. The number of anilines is 2. The third-order valence-corrected chi connectivity index (χ3v) is 8.19. The highest BCUT2D eigenvalue weighted by Gasteiger charge is 2.75. The van der Waals surface area contributed by atoms with Gasteiger partial charge in [0.25, 0.3) is 5.91 Å². The van der Waals surface area contributed by atoms with E-state index in [1.807, 2.05) is 24.3 Å². The average molecular weight is 526 g/mol. The number of hydrogen-bond acceptors (Lipinski definition) is 7. The van der Waals surface area contributed by atoms with Crippen LogP contribution >= 0.6 is 0 Å². The number of hydrogen-bond donors (Lipinski definition) is 1. The van der Waals surface area contributed by atoms with Crippen LogP contribution in [-0.2, 0) is 23.9 Å². The molecule has 38 heavy (non-hydrogen) atoms. The zero-order valence-corrected chi connectivity index (χ0v) is 22.5. The first kappa shape index (κ1) is 27.9. The molecule has 9 nitrogen and oxygen atoms in total. The van der Waals surface area contributed by atoms with E-state index in [1.54, 1.807) is 17.9 Å². The van der Waals surface area contributed by atoms with Crippen molar-refractivity contribution in [2.45, 2.75) is 57.4 Å². The number of nitrogens with zero attached hydrogens (tertiary/aromatic N) is 3. The van der Waals surface area contributed by atoms with Crippen molar-refractivity contribution >= 4 is 29.2 Å². The second-order valence-electron chi connectivity index (χ2n) is 10.2. The Labute approximate surface area is 224 Å². The van der Waals surface area contributed by atoms with Crippen molar-refractivity contribution in [3.05, 3.63) is 49.6 Å². The van der Waals surface area contributed by atoms with Gasteiger partial charge in [-0.05, 0) is 57.9 Å². The highest BCUT2D eigenvalue weighted by atomic mass is 16.6. The minimum absolute atomic E-state index is 0.0334. The van der Waals surface area contributed by atoms with Crippen LogP contribution in [0.1, 0.15) is 33.6 Å². The Morgan fingerprint density at radius 3 is 2.45 bits per heavy atom. The summed E-state index contributed by atoms with van der Waals surface area (Å²) in [6.45, 7) is 15.0. The molecule has 0 aromatic heterocycles. The number of fused-ring (bicyclic) bond motifs is 1. The maximum absolute atomic E-state index is 14.4. The topological polar surface area (TPSA) is 99.6 Å². The SMILES string of the molecule is C=CCOC(=O)[C@@H]1[C@H]2C(=O)N([C@H](C)CO)C(C(=O)N(CC=C)c3ccc(N(CC)CC)cc3)C23CC[C@H]1O3. The van der Waals surface area contributed by atoms with E-state index in [1.165, 1.54) is 11.0 Å². The Balaban J connectivity index is 1.73. The molecule has 2 bridgehead atoms. The first-order valence-electron chi connectivity index (χ1n) is 13.4. The molecular formula is C29H39N3O6. The maximum atomic E-state index is 14.4. The van der Waals surface area contributed by atoms with Gasteiger partial charge < -0.3 is 29.3 Å². The van der Waals surface area contributed by atoms with Gasteiger partial charge >= 0.3 is 5.97 Å². The third kappa shape index (κ3) is 4.41. The van der Waals surface area contributed by atoms with Crippen molar-refractivity contribution in [1.82, 2.24) is 4.90 Å².